The van der Waals surface area contributed by atoms with Crippen LogP contribution < -0.4 is 21.1 Å². The quantitative estimate of drug-likeness (QED) is 0.623. The number of aromatic nitrogens is 3. The van der Waals surface area contributed by atoms with Crippen molar-refractivity contribution in [2.24, 2.45) is 0 Å². The molecule has 10 heteroatoms. The van der Waals surface area contributed by atoms with Gasteiger partial charge < -0.3 is 20.6 Å². The number of fused-ring (bicyclic) bond motifs is 1. The highest BCUT2D eigenvalue weighted by molar-refractivity contribution is 7.20. The summed E-state index contributed by atoms with van der Waals surface area (Å²) in [6.45, 7) is 3.88. The van der Waals surface area contributed by atoms with E-state index in [0.29, 0.717) is 28.9 Å². The number of carboxylic acid groups (broad SMARTS) is 1. The zero-order valence-corrected chi connectivity index (χ0v) is 13.3. The zero-order valence-electron chi connectivity index (χ0n) is 12.5. The van der Waals surface area contributed by atoms with Gasteiger partial charge in [0.05, 0.1) is 0 Å². The van der Waals surface area contributed by atoms with E-state index in [1.807, 2.05) is 0 Å². The molecule has 9 nitrogen and oxygen atoms in total. The first kappa shape index (κ1) is 15.7. The van der Waals surface area contributed by atoms with E-state index in [2.05, 4.69) is 25.6 Å². The highest BCUT2D eigenvalue weighted by atomic mass is 32.1. The number of aliphatic carboxylic acids is 1. The molecule has 23 heavy (non-hydrogen) atoms. The van der Waals surface area contributed by atoms with Crippen LogP contribution in [0.3, 0.4) is 0 Å². The van der Waals surface area contributed by atoms with Crippen molar-refractivity contribution in [3.05, 3.63) is 16.4 Å². The molecule has 0 unspecified atom stereocenters. The number of hydrogen-bond donors (Lipinski definition) is 3. The van der Waals surface area contributed by atoms with Crippen LogP contribution in [0.4, 0.5) is 10.9 Å². The number of rotatable bonds is 6. The Morgan fingerprint density at radius 2 is 2.22 bits per heavy atom. The normalized spacial score (nSPS) is 15.0. The molecule has 1 fully saturated rings. The van der Waals surface area contributed by atoms with Crippen molar-refractivity contribution >= 4 is 33.2 Å². The van der Waals surface area contributed by atoms with Crippen molar-refractivity contribution in [3.8, 4) is 0 Å². The maximum Gasteiger partial charge on any atom is 0.303 e. The van der Waals surface area contributed by atoms with E-state index in [9.17, 15) is 9.59 Å². The number of anilines is 2. The van der Waals surface area contributed by atoms with E-state index < -0.39 is 5.97 Å². The van der Waals surface area contributed by atoms with Gasteiger partial charge in [-0.25, -0.2) is 4.98 Å². The second-order valence-corrected chi connectivity index (χ2v) is 6.17. The average molecular weight is 338 g/mol. The Hall–Kier alpha value is -2.20. The monoisotopic (exact) mass is 338 g/mol. The Balaban J connectivity index is 1.75. The van der Waals surface area contributed by atoms with Crippen LogP contribution in [0.15, 0.2) is 10.9 Å². The molecule has 3 N–H and O–H groups in total. The second kappa shape index (κ2) is 6.92. The first-order valence-corrected chi connectivity index (χ1v) is 8.27. The summed E-state index contributed by atoms with van der Waals surface area (Å²) in [6.07, 6.45) is 0.600. The fourth-order valence-corrected chi connectivity index (χ4v) is 3.19. The molecule has 3 heterocycles. The summed E-state index contributed by atoms with van der Waals surface area (Å²) in [5, 5.41) is 19.7. The van der Waals surface area contributed by atoms with Gasteiger partial charge in [0.1, 0.15) is 5.82 Å². The predicted octanol–water partition coefficient (Wildman–Crippen LogP) is -0.163. The summed E-state index contributed by atoms with van der Waals surface area (Å²) < 4.78 is 1.27. The fourth-order valence-electron chi connectivity index (χ4n) is 2.36. The second-order valence-electron chi connectivity index (χ2n) is 5.22. The van der Waals surface area contributed by atoms with E-state index in [0.717, 1.165) is 26.2 Å². The van der Waals surface area contributed by atoms with E-state index >= 15 is 0 Å². The molecule has 0 saturated carbocycles. The van der Waals surface area contributed by atoms with Gasteiger partial charge in [-0.3, -0.25) is 9.59 Å². The Labute approximate surface area is 135 Å². The molecule has 0 atom stereocenters. The van der Waals surface area contributed by atoms with E-state index in [1.54, 1.807) is 0 Å². The van der Waals surface area contributed by atoms with Crippen LogP contribution >= 0.6 is 11.3 Å². The highest BCUT2D eigenvalue weighted by Gasteiger charge is 2.15. The van der Waals surface area contributed by atoms with Crippen molar-refractivity contribution < 1.29 is 9.90 Å². The standard InChI is InChI=1S/C13H18N6O3S/c20-10-8-9(18-6-4-14-5-7-18)16-13-19(10)17-12(23-13)15-3-1-2-11(21)22/h8,14H,1-7H2,(H,15,17)(H,21,22). The van der Waals surface area contributed by atoms with Crippen molar-refractivity contribution in [1.29, 1.82) is 0 Å². The van der Waals surface area contributed by atoms with E-state index in [-0.39, 0.29) is 12.0 Å². The fraction of sp³-hybridized carbons (Fsp3) is 0.538. The Kier molecular flexibility index (Phi) is 4.72. The van der Waals surface area contributed by atoms with Gasteiger partial charge in [-0.15, -0.1) is 5.10 Å². The molecule has 3 rings (SSSR count). The molecule has 2 aromatic heterocycles. The largest absolute Gasteiger partial charge is 0.481 e. The molecule has 0 spiro atoms. The minimum Gasteiger partial charge on any atom is -0.481 e. The number of nitrogens with one attached hydrogen (secondary N) is 2. The highest BCUT2D eigenvalue weighted by Crippen LogP contribution is 2.19. The summed E-state index contributed by atoms with van der Waals surface area (Å²) in [6, 6.07) is 1.51. The van der Waals surface area contributed by atoms with Crippen molar-refractivity contribution in [1.82, 2.24) is 19.9 Å². The van der Waals surface area contributed by atoms with Gasteiger partial charge in [0.15, 0.2) is 0 Å². The maximum absolute atomic E-state index is 12.2. The van der Waals surface area contributed by atoms with Crippen molar-refractivity contribution in [2.75, 3.05) is 42.9 Å². The Morgan fingerprint density at radius 3 is 2.96 bits per heavy atom. The maximum atomic E-state index is 12.2. The van der Waals surface area contributed by atoms with Crippen LogP contribution in [-0.2, 0) is 4.79 Å². The molecular formula is C13H18N6O3S. The first-order chi connectivity index (χ1) is 11.1. The molecule has 0 bridgehead atoms. The molecule has 0 aliphatic carbocycles. The molecular weight excluding hydrogens is 320 g/mol. The molecule has 2 aromatic rings. The van der Waals surface area contributed by atoms with Gasteiger partial charge in [0.25, 0.3) is 5.56 Å². The zero-order chi connectivity index (χ0) is 16.2. The minimum atomic E-state index is -0.824. The molecule has 124 valence electrons. The van der Waals surface area contributed by atoms with Crippen LogP contribution in [-0.4, -0.2) is 58.4 Å². The van der Waals surface area contributed by atoms with Gasteiger partial charge in [0, 0.05) is 45.2 Å². The summed E-state index contributed by atoms with van der Waals surface area (Å²) in [5.74, 6) is -0.146. The molecule has 1 aliphatic rings. The topological polar surface area (TPSA) is 112 Å². The first-order valence-electron chi connectivity index (χ1n) is 7.46. The third kappa shape index (κ3) is 3.77. The van der Waals surface area contributed by atoms with Crippen molar-refractivity contribution in [2.45, 2.75) is 12.8 Å². The molecule has 0 aromatic carbocycles. The molecule has 0 amide bonds. The lowest BCUT2D eigenvalue weighted by Gasteiger charge is -2.27. The molecule has 0 radical (unpaired) electrons. The van der Waals surface area contributed by atoms with Gasteiger partial charge in [-0.1, -0.05) is 11.3 Å². The van der Waals surface area contributed by atoms with Gasteiger partial charge in [0.2, 0.25) is 10.1 Å². The lowest BCUT2D eigenvalue weighted by molar-refractivity contribution is -0.137. The summed E-state index contributed by atoms with van der Waals surface area (Å²) in [7, 11) is 0. The Bertz CT molecular complexity index is 752. The van der Waals surface area contributed by atoms with Crippen LogP contribution in [0.2, 0.25) is 0 Å². The van der Waals surface area contributed by atoms with Gasteiger partial charge in [-0.2, -0.15) is 4.52 Å². The van der Waals surface area contributed by atoms with Gasteiger partial charge in [-0.05, 0) is 6.42 Å². The molecule has 1 saturated heterocycles. The average Bonchev–Trinajstić information content (AvgIpc) is 2.96. The van der Waals surface area contributed by atoms with E-state index in [4.69, 9.17) is 5.11 Å². The third-order valence-electron chi connectivity index (χ3n) is 3.52. The number of nitrogens with zero attached hydrogens (tertiary/aromatic N) is 4. The van der Waals surface area contributed by atoms with Crippen molar-refractivity contribution in [3.63, 3.8) is 0 Å². The van der Waals surface area contributed by atoms with E-state index in [1.165, 1.54) is 21.9 Å². The third-order valence-corrected chi connectivity index (χ3v) is 4.38. The minimum absolute atomic E-state index is 0.100. The number of carbonyl (C=O) groups is 1. The number of piperazine rings is 1. The number of carboxylic acids is 1. The summed E-state index contributed by atoms with van der Waals surface area (Å²) in [4.78, 5) is 29.8. The SMILES string of the molecule is O=C(O)CCCNc1nn2c(=O)cc(N3CCNCC3)nc2s1. The predicted molar refractivity (Wildman–Crippen MR) is 87.6 cm³/mol. The Morgan fingerprint density at radius 1 is 1.43 bits per heavy atom. The van der Waals surface area contributed by atoms with Crippen LogP contribution in [0.5, 0.6) is 0 Å². The smallest absolute Gasteiger partial charge is 0.303 e. The summed E-state index contributed by atoms with van der Waals surface area (Å²) in [5.41, 5.74) is -0.210. The van der Waals surface area contributed by atoms with Crippen LogP contribution in [0, 0.1) is 0 Å². The number of hydrogen-bond acceptors (Lipinski definition) is 8. The molecule has 1 aliphatic heterocycles. The summed E-state index contributed by atoms with van der Waals surface area (Å²) >= 11 is 1.29. The van der Waals surface area contributed by atoms with Crippen LogP contribution in [0.25, 0.3) is 4.96 Å². The van der Waals surface area contributed by atoms with Crippen LogP contribution in [0.1, 0.15) is 12.8 Å². The van der Waals surface area contributed by atoms with Gasteiger partial charge >= 0.3 is 5.97 Å². The lowest BCUT2D eigenvalue weighted by Crippen LogP contribution is -2.44. The lowest BCUT2D eigenvalue weighted by atomic mass is 10.3.